The van der Waals surface area contributed by atoms with E-state index in [0.29, 0.717) is 12.3 Å². The van der Waals surface area contributed by atoms with Gasteiger partial charge < -0.3 is 10.0 Å². The normalized spacial score (nSPS) is 18.3. The van der Waals surface area contributed by atoms with Crippen LogP contribution >= 0.6 is 11.8 Å². The number of aliphatic carboxylic acids is 1. The number of nitrogens with zero attached hydrogens (tertiary/aromatic N) is 1. The van der Waals surface area contributed by atoms with Crippen LogP contribution in [0.2, 0.25) is 0 Å². The Morgan fingerprint density at radius 3 is 2.74 bits per heavy atom. The summed E-state index contributed by atoms with van der Waals surface area (Å²) in [4.78, 5) is 24.4. The van der Waals surface area contributed by atoms with Gasteiger partial charge in [-0.3, -0.25) is 4.79 Å². The van der Waals surface area contributed by atoms with Gasteiger partial charge in [0.2, 0.25) is 0 Å². The molecule has 1 unspecified atom stereocenters. The second-order valence-corrected chi connectivity index (χ2v) is 5.19. The maximum Gasteiger partial charge on any atom is 0.327 e. The summed E-state index contributed by atoms with van der Waals surface area (Å²) in [6.07, 6.45) is 0. The topological polar surface area (TPSA) is 57.6 Å². The molecule has 1 fully saturated rings. The number of carboxylic acids is 1. The van der Waals surface area contributed by atoms with Crippen LogP contribution in [0.5, 0.6) is 0 Å². The van der Waals surface area contributed by atoms with Crippen LogP contribution in [0.4, 0.5) is 0 Å². The third-order valence-electron chi connectivity index (χ3n) is 2.76. The van der Waals surface area contributed by atoms with Crippen molar-refractivity contribution in [2.45, 2.75) is 6.04 Å². The molecule has 0 spiro atoms. The average molecular weight is 275 g/mol. The van der Waals surface area contributed by atoms with Gasteiger partial charge >= 0.3 is 5.97 Å². The van der Waals surface area contributed by atoms with Gasteiger partial charge in [-0.05, 0) is 12.1 Å². The second kappa shape index (κ2) is 6.30. The number of hydrogen-bond donors (Lipinski definition) is 1. The van der Waals surface area contributed by atoms with Crippen molar-refractivity contribution in [2.24, 2.45) is 0 Å². The summed E-state index contributed by atoms with van der Waals surface area (Å²) in [5.41, 5.74) is 0.745. The van der Waals surface area contributed by atoms with Crippen LogP contribution in [0.3, 0.4) is 0 Å². The van der Waals surface area contributed by atoms with E-state index in [2.05, 4.69) is 11.8 Å². The molecule has 1 aliphatic rings. The van der Waals surface area contributed by atoms with Gasteiger partial charge in [-0.1, -0.05) is 24.1 Å². The molecule has 0 bridgehead atoms. The van der Waals surface area contributed by atoms with Crippen LogP contribution in [-0.2, 0) is 9.59 Å². The first-order valence-electron chi connectivity index (χ1n) is 5.86. The zero-order valence-electron chi connectivity index (χ0n) is 10.2. The van der Waals surface area contributed by atoms with E-state index in [9.17, 15) is 9.59 Å². The summed E-state index contributed by atoms with van der Waals surface area (Å²) in [6, 6.07) is 8.39. The minimum absolute atomic E-state index is 0.420. The first-order valence-corrected chi connectivity index (χ1v) is 7.02. The fourth-order valence-corrected chi connectivity index (χ4v) is 2.81. The molecular weight excluding hydrogens is 262 g/mol. The molecule has 1 N–H and O–H groups in total. The highest BCUT2D eigenvalue weighted by atomic mass is 32.2. The highest BCUT2D eigenvalue weighted by molar-refractivity contribution is 7.99. The molecule has 0 aromatic heterocycles. The summed E-state index contributed by atoms with van der Waals surface area (Å²) in [7, 11) is 0. The summed E-state index contributed by atoms with van der Waals surface area (Å²) in [6.45, 7) is 0.434. The molecular formula is C14H13NO3S. The Balaban J connectivity index is 2.10. The summed E-state index contributed by atoms with van der Waals surface area (Å²) >= 11 is 1.54. The Morgan fingerprint density at radius 2 is 2.05 bits per heavy atom. The second-order valence-electron chi connectivity index (χ2n) is 4.04. The van der Waals surface area contributed by atoms with Gasteiger partial charge in [0.05, 0.1) is 0 Å². The lowest BCUT2D eigenvalue weighted by Crippen LogP contribution is -2.49. The summed E-state index contributed by atoms with van der Waals surface area (Å²) in [5, 5.41) is 9.09. The smallest absolute Gasteiger partial charge is 0.327 e. The molecule has 4 nitrogen and oxygen atoms in total. The SMILES string of the molecule is O=C(O)C1CSCCN1C(=O)C#Cc1ccccc1. The van der Waals surface area contributed by atoms with E-state index in [4.69, 9.17) is 5.11 Å². The summed E-state index contributed by atoms with van der Waals surface area (Å²) < 4.78 is 0. The fraction of sp³-hybridized carbons (Fsp3) is 0.286. The van der Waals surface area contributed by atoms with E-state index in [0.717, 1.165) is 11.3 Å². The fourth-order valence-electron chi connectivity index (χ4n) is 1.77. The van der Waals surface area contributed by atoms with Crippen molar-refractivity contribution in [1.29, 1.82) is 0 Å². The molecule has 5 heteroatoms. The van der Waals surface area contributed by atoms with Crippen molar-refractivity contribution in [3.05, 3.63) is 35.9 Å². The van der Waals surface area contributed by atoms with E-state index in [1.807, 2.05) is 18.2 Å². The molecule has 1 aliphatic heterocycles. The number of carbonyl (C=O) groups excluding carboxylic acids is 1. The van der Waals surface area contributed by atoms with Gasteiger partial charge in [-0.25, -0.2) is 4.79 Å². The maximum atomic E-state index is 12.0. The number of carboxylic acid groups (broad SMARTS) is 1. The number of benzene rings is 1. The highest BCUT2D eigenvalue weighted by Crippen LogP contribution is 2.16. The quantitative estimate of drug-likeness (QED) is 0.779. The van der Waals surface area contributed by atoms with Crippen molar-refractivity contribution in [3.8, 4) is 11.8 Å². The van der Waals surface area contributed by atoms with Crippen LogP contribution in [0.25, 0.3) is 0 Å². The number of thioether (sulfide) groups is 1. The number of carbonyl (C=O) groups is 2. The van der Waals surface area contributed by atoms with E-state index in [-0.39, 0.29) is 0 Å². The monoisotopic (exact) mass is 275 g/mol. The molecule has 19 heavy (non-hydrogen) atoms. The first-order chi connectivity index (χ1) is 9.18. The van der Waals surface area contributed by atoms with E-state index >= 15 is 0 Å². The molecule has 1 aromatic carbocycles. The Hall–Kier alpha value is -1.93. The molecule has 2 rings (SSSR count). The van der Waals surface area contributed by atoms with Crippen LogP contribution in [0, 0.1) is 11.8 Å². The molecule has 1 aromatic rings. The van der Waals surface area contributed by atoms with Gasteiger partial charge in [0.1, 0.15) is 6.04 Å². The van der Waals surface area contributed by atoms with Gasteiger partial charge in [0.15, 0.2) is 0 Å². The van der Waals surface area contributed by atoms with E-state index in [1.165, 1.54) is 4.90 Å². The Morgan fingerprint density at radius 1 is 1.32 bits per heavy atom. The van der Waals surface area contributed by atoms with Gasteiger partial charge in [-0.2, -0.15) is 11.8 Å². The van der Waals surface area contributed by atoms with Crippen LogP contribution in [-0.4, -0.2) is 46.0 Å². The number of rotatable bonds is 1. The van der Waals surface area contributed by atoms with Crippen molar-refractivity contribution in [1.82, 2.24) is 4.90 Å². The molecule has 98 valence electrons. The van der Waals surface area contributed by atoms with Crippen LogP contribution < -0.4 is 0 Å². The molecule has 0 radical (unpaired) electrons. The maximum absolute atomic E-state index is 12.0. The van der Waals surface area contributed by atoms with Crippen LogP contribution in [0.15, 0.2) is 30.3 Å². The van der Waals surface area contributed by atoms with Crippen molar-refractivity contribution in [2.75, 3.05) is 18.1 Å². The molecule has 1 heterocycles. The third-order valence-corrected chi connectivity index (χ3v) is 3.78. The first kappa shape index (κ1) is 13.5. The Kier molecular flexibility index (Phi) is 4.48. The lowest BCUT2D eigenvalue weighted by atomic mass is 10.2. The van der Waals surface area contributed by atoms with Crippen molar-refractivity contribution < 1.29 is 14.7 Å². The molecule has 0 saturated carbocycles. The molecule has 1 amide bonds. The third kappa shape index (κ3) is 3.52. The van der Waals surface area contributed by atoms with E-state index < -0.39 is 17.9 Å². The largest absolute Gasteiger partial charge is 0.480 e. The minimum atomic E-state index is -0.970. The minimum Gasteiger partial charge on any atom is -0.480 e. The van der Waals surface area contributed by atoms with Gasteiger partial charge in [-0.15, -0.1) is 0 Å². The number of amides is 1. The van der Waals surface area contributed by atoms with Gasteiger partial charge in [0, 0.05) is 29.5 Å². The Labute approximate surface area is 115 Å². The number of hydrogen-bond acceptors (Lipinski definition) is 3. The highest BCUT2D eigenvalue weighted by Gasteiger charge is 2.31. The molecule has 1 saturated heterocycles. The van der Waals surface area contributed by atoms with Crippen molar-refractivity contribution in [3.63, 3.8) is 0 Å². The zero-order chi connectivity index (χ0) is 13.7. The summed E-state index contributed by atoms with van der Waals surface area (Å²) in [5.74, 6) is 5.07. The standard InChI is InChI=1S/C14H13NO3S/c16-13(7-6-11-4-2-1-3-5-11)15-8-9-19-10-12(15)14(17)18/h1-5,12H,8-10H2,(H,17,18). The van der Waals surface area contributed by atoms with E-state index in [1.54, 1.807) is 23.9 Å². The predicted molar refractivity (Wildman–Crippen MR) is 73.8 cm³/mol. The van der Waals surface area contributed by atoms with Gasteiger partial charge in [0.25, 0.3) is 5.91 Å². The Bertz CT molecular complexity index is 533. The lowest BCUT2D eigenvalue weighted by molar-refractivity contribution is -0.147. The predicted octanol–water partition coefficient (Wildman–Crippen LogP) is 1.07. The molecule has 0 aliphatic carbocycles. The average Bonchev–Trinajstić information content (AvgIpc) is 2.46. The zero-order valence-corrected chi connectivity index (χ0v) is 11.0. The molecule has 1 atom stereocenters. The van der Waals surface area contributed by atoms with Crippen molar-refractivity contribution >= 4 is 23.6 Å². The van der Waals surface area contributed by atoms with Crippen LogP contribution in [0.1, 0.15) is 5.56 Å². The lowest BCUT2D eigenvalue weighted by Gasteiger charge is -2.30.